The van der Waals surface area contributed by atoms with Gasteiger partial charge in [-0.25, -0.2) is 15.2 Å². The van der Waals surface area contributed by atoms with Crippen molar-refractivity contribution in [3.8, 4) is 0 Å². The highest BCUT2D eigenvalue weighted by atomic mass is 32.1. The van der Waals surface area contributed by atoms with Crippen LogP contribution in [0.4, 0.5) is 11.4 Å². The van der Waals surface area contributed by atoms with Gasteiger partial charge in [-0.1, -0.05) is 12.8 Å². The zero-order chi connectivity index (χ0) is 37.9. The minimum Gasteiger partial charge on any atom is -0.362 e. The summed E-state index contributed by atoms with van der Waals surface area (Å²) in [7, 11) is 0. The maximum absolute atomic E-state index is 12.2. The van der Waals surface area contributed by atoms with Gasteiger partial charge >= 0.3 is 0 Å². The van der Waals surface area contributed by atoms with Gasteiger partial charge in [0.15, 0.2) is 5.11 Å². The van der Waals surface area contributed by atoms with Gasteiger partial charge < -0.3 is 16.0 Å². The number of amides is 4. The third kappa shape index (κ3) is 23.3. The van der Waals surface area contributed by atoms with E-state index in [0.717, 1.165) is 18.5 Å². The molecule has 0 spiro atoms. The SMILES string of the molecule is CC(=O)N(O)CCCCCNC(=O)CCC(=O)N(O)CCCCCCC(=O)CCC(=O)N(O)CCCCCNC(=S)Nc1ccc(N=C=S)cc1. The standard InChI is InChI=1S/C34H53N7O8S2/c1-27(42)39(47)23-10-4-7-21-35-31(44)18-20-33(46)41(49)24-9-3-2-6-12-30(43)17-19-32(45)40(48)25-11-5-8-22-36-34(51)38-29-15-13-28(14-16-29)37-26-50/h13-16,47-49H,2-12,17-25H2,1H3,(H,35,44)(H2,36,38,51). The molecule has 15 nitrogen and oxygen atoms in total. The molecule has 0 heterocycles. The van der Waals surface area contributed by atoms with Gasteiger partial charge in [0, 0.05) is 77.4 Å². The van der Waals surface area contributed by atoms with Crippen molar-refractivity contribution in [2.75, 3.05) is 38.0 Å². The Bertz CT molecular complexity index is 1300. The number of thiocarbonyl (C=S) groups is 2. The Morgan fingerprint density at radius 3 is 1.75 bits per heavy atom. The highest BCUT2D eigenvalue weighted by molar-refractivity contribution is 7.80. The van der Waals surface area contributed by atoms with Crippen LogP contribution in [0.3, 0.4) is 0 Å². The number of unbranched alkanes of at least 4 members (excludes halogenated alkanes) is 7. The number of benzene rings is 1. The van der Waals surface area contributed by atoms with Crippen molar-refractivity contribution in [2.45, 2.75) is 103 Å². The highest BCUT2D eigenvalue weighted by Gasteiger charge is 2.14. The second-order valence-corrected chi connectivity index (χ2v) is 12.6. The summed E-state index contributed by atoms with van der Waals surface area (Å²) >= 11 is 9.87. The smallest absolute Gasteiger partial charge is 0.246 e. The number of carbonyl (C=O) groups excluding carboxylic acids is 5. The normalized spacial score (nSPS) is 10.4. The highest BCUT2D eigenvalue weighted by Crippen LogP contribution is 2.15. The summed E-state index contributed by atoms with van der Waals surface area (Å²) < 4.78 is 0. The molecule has 0 aliphatic heterocycles. The first-order valence-electron chi connectivity index (χ1n) is 17.4. The number of hydroxylamine groups is 6. The van der Waals surface area contributed by atoms with Crippen LogP contribution in [-0.4, -0.2) is 103 Å². The quantitative estimate of drug-likeness (QED) is 0.0233. The number of nitrogens with zero attached hydrogens (tertiary/aromatic N) is 4. The number of ketones is 1. The molecule has 1 aromatic rings. The number of isothiocyanates is 1. The number of Topliss-reactive ketones (excluding diaryl/α,β-unsaturated/α-hetero) is 1. The molecule has 0 radical (unpaired) electrons. The van der Waals surface area contributed by atoms with E-state index in [4.69, 9.17) is 12.2 Å². The predicted octanol–water partition coefficient (Wildman–Crippen LogP) is 4.92. The van der Waals surface area contributed by atoms with E-state index in [1.54, 1.807) is 12.1 Å². The molecular formula is C34H53N7O8S2. The van der Waals surface area contributed by atoms with Crippen molar-refractivity contribution in [3.63, 3.8) is 0 Å². The summed E-state index contributed by atoms with van der Waals surface area (Å²) in [5.74, 6) is -1.81. The lowest BCUT2D eigenvalue weighted by molar-refractivity contribution is -0.166. The van der Waals surface area contributed by atoms with Crippen molar-refractivity contribution < 1.29 is 39.6 Å². The Morgan fingerprint density at radius 1 is 0.667 bits per heavy atom. The van der Waals surface area contributed by atoms with E-state index >= 15 is 0 Å². The number of hydrogen-bond acceptors (Lipinski definition) is 11. The van der Waals surface area contributed by atoms with Crippen molar-refractivity contribution >= 4 is 75.5 Å². The van der Waals surface area contributed by atoms with E-state index in [2.05, 4.69) is 38.3 Å². The van der Waals surface area contributed by atoms with Crippen LogP contribution in [0.15, 0.2) is 29.3 Å². The fourth-order valence-electron chi connectivity index (χ4n) is 4.69. The fraction of sp³-hybridized carbons (Fsp3) is 0.618. The van der Waals surface area contributed by atoms with E-state index in [1.807, 2.05) is 12.1 Å². The number of rotatable bonds is 27. The number of nitrogens with one attached hydrogen (secondary N) is 3. The van der Waals surface area contributed by atoms with E-state index in [-0.39, 0.29) is 57.0 Å². The molecular weight excluding hydrogens is 699 g/mol. The molecule has 0 saturated carbocycles. The second-order valence-electron chi connectivity index (χ2n) is 12.0. The third-order valence-corrected chi connectivity index (χ3v) is 8.04. The van der Waals surface area contributed by atoms with Gasteiger partial charge in [-0.2, -0.15) is 4.99 Å². The summed E-state index contributed by atoms with van der Waals surface area (Å²) in [6.07, 6.45) is 6.86. The van der Waals surface area contributed by atoms with Crippen LogP contribution in [0.5, 0.6) is 0 Å². The Balaban J connectivity index is 2.01. The minimum atomic E-state index is -0.543. The summed E-state index contributed by atoms with van der Waals surface area (Å²) in [5, 5.41) is 42.9. The summed E-state index contributed by atoms with van der Waals surface area (Å²) in [4.78, 5) is 63.2. The molecule has 0 atom stereocenters. The summed E-state index contributed by atoms with van der Waals surface area (Å²) in [6.45, 7) is 2.86. The lowest BCUT2D eigenvalue weighted by Gasteiger charge is -2.15. The van der Waals surface area contributed by atoms with Gasteiger partial charge in [0.25, 0.3) is 0 Å². The minimum absolute atomic E-state index is 0.0422. The summed E-state index contributed by atoms with van der Waals surface area (Å²) in [5.41, 5.74) is 1.51. The van der Waals surface area contributed by atoms with Crippen LogP contribution < -0.4 is 16.0 Å². The predicted molar refractivity (Wildman–Crippen MR) is 199 cm³/mol. The zero-order valence-corrected chi connectivity index (χ0v) is 31.1. The molecule has 284 valence electrons. The first-order valence-corrected chi connectivity index (χ1v) is 18.2. The van der Waals surface area contributed by atoms with Crippen LogP contribution >= 0.6 is 24.4 Å². The Morgan fingerprint density at radius 2 is 1.18 bits per heavy atom. The van der Waals surface area contributed by atoms with Crippen LogP contribution in [0.1, 0.15) is 103 Å². The molecule has 0 aromatic heterocycles. The molecule has 17 heteroatoms. The van der Waals surface area contributed by atoms with Crippen LogP contribution in [0.2, 0.25) is 0 Å². The molecule has 4 amide bonds. The first kappa shape index (κ1) is 45.2. The van der Waals surface area contributed by atoms with E-state index < -0.39 is 17.7 Å². The van der Waals surface area contributed by atoms with Gasteiger partial charge in [0.2, 0.25) is 23.6 Å². The molecule has 51 heavy (non-hydrogen) atoms. The van der Waals surface area contributed by atoms with Crippen molar-refractivity contribution in [3.05, 3.63) is 24.3 Å². The fourth-order valence-corrected chi connectivity index (χ4v) is 5.01. The first-order chi connectivity index (χ1) is 24.4. The van der Waals surface area contributed by atoms with E-state index in [0.29, 0.717) is 96.9 Å². The van der Waals surface area contributed by atoms with Crippen LogP contribution in [0.25, 0.3) is 0 Å². The number of aliphatic imine (C=N–C) groups is 1. The lowest BCUT2D eigenvalue weighted by Crippen LogP contribution is -2.31. The largest absolute Gasteiger partial charge is 0.362 e. The number of anilines is 1. The molecule has 0 fully saturated rings. The van der Waals surface area contributed by atoms with Gasteiger partial charge in [0.1, 0.15) is 5.78 Å². The number of hydrogen-bond donors (Lipinski definition) is 6. The number of carbonyl (C=O) groups is 5. The van der Waals surface area contributed by atoms with Crippen molar-refractivity contribution in [1.29, 1.82) is 0 Å². The molecule has 1 rings (SSSR count). The van der Waals surface area contributed by atoms with Crippen molar-refractivity contribution in [1.82, 2.24) is 25.8 Å². The van der Waals surface area contributed by atoms with E-state index in [1.165, 1.54) is 6.92 Å². The molecule has 1 aromatic carbocycles. The molecule has 0 saturated heterocycles. The lowest BCUT2D eigenvalue weighted by atomic mass is 10.1. The maximum atomic E-state index is 12.2. The molecule has 0 aliphatic rings. The summed E-state index contributed by atoms with van der Waals surface area (Å²) in [6, 6.07) is 7.24. The van der Waals surface area contributed by atoms with Gasteiger partial charge in [0.05, 0.1) is 10.8 Å². The molecule has 0 bridgehead atoms. The van der Waals surface area contributed by atoms with Crippen molar-refractivity contribution in [2.24, 2.45) is 4.99 Å². The Hall–Kier alpha value is -3.86. The monoisotopic (exact) mass is 751 g/mol. The molecule has 0 aliphatic carbocycles. The molecule has 6 N–H and O–H groups in total. The van der Waals surface area contributed by atoms with Gasteiger partial charge in [-0.3, -0.25) is 39.6 Å². The Labute approximate surface area is 310 Å². The average molecular weight is 752 g/mol. The average Bonchev–Trinajstić information content (AvgIpc) is 3.10. The third-order valence-electron chi connectivity index (χ3n) is 7.70. The van der Waals surface area contributed by atoms with Gasteiger partial charge in [-0.05, 0) is 100 Å². The maximum Gasteiger partial charge on any atom is 0.246 e. The van der Waals surface area contributed by atoms with Crippen LogP contribution in [-0.2, 0) is 24.0 Å². The van der Waals surface area contributed by atoms with Crippen LogP contribution in [0, 0.1) is 0 Å². The van der Waals surface area contributed by atoms with E-state index in [9.17, 15) is 39.6 Å². The second kappa shape index (κ2) is 27.8. The zero-order valence-electron chi connectivity index (χ0n) is 29.4. The Kier molecular flexibility index (Phi) is 24.6. The topological polar surface area (TPSA) is 204 Å². The molecule has 0 unspecified atom stereocenters. The van der Waals surface area contributed by atoms with Gasteiger partial charge in [-0.15, -0.1) is 0 Å².